The molecule has 1 N–H and O–H groups in total. The second kappa shape index (κ2) is 6.70. The van der Waals surface area contributed by atoms with E-state index in [-0.39, 0.29) is 6.54 Å². The van der Waals surface area contributed by atoms with E-state index in [1.54, 1.807) is 17.5 Å². The summed E-state index contributed by atoms with van der Waals surface area (Å²) in [4.78, 5) is 5.19. The van der Waals surface area contributed by atoms with Gasteiger partial charge in [0.15, 0.2) is 17.3 Å². The highest BCUT2D eigenvalue weighted by atomic mass is 32.1. The summed E-state index contributed by atoms with van der Waals surface area (Å²) in [7, 11) is 2.96. The van der Waals surface area contributed by atoms with E-state index in [9.17, 15) is 4.39 Å². The van der Waals surface area contributed by atoms with Crippen molar-refractivity contribution in [1.29, 1.82) is 0 Å². The maximum absolute atomic E-state index is 14.0. The number of methoxy groups -OCH3 is 2. The summed E-state index contributed by atoms with van der Waals surface area (Å²) in [5.41, 5.74) is 0.290. The predicted octanol–water partition coefficient (Wildman–Crippen LogP) is 4.17. The van der Waals surface area contributed by atoms with Gasteiger partial charge in [0.1, 0.15) is 5.82 Å². The van der Waals surface area contributed by atoms with Gasteiger partial charge in [-0.3, -0.25) is 0 Å². The van der Waals surface area contributed by atoms with Crippen molar-refractivity contribution in [3.8, 4) is 22.1 Å². The molecule has 0 amide bonds. The van der Waals surface area contributed by atoms with Crippen molar-refractivity contribution in [2.75, 3.05) is 19.5 Å². The van der Waals surface area contributed by atoms with Gasteiger partial charge in [-0.25, -0.2) is 9.37 Å². The predicted molar refractivity (Wildman–Crippen MR) is 86.6 cm³/mol. The number of hydrogen-bond donors (Lipinski definition) is 1. The normalized spacial score (nSPS) is 10.6. The first-order valence-electron chi connectivity index (χ1n) is 6.85. The topological polar surface area (TPSA) is 56.5 Å². The molecule has 0 bridgehead atoms. The molecular formula is C16H15FN2O3S. The number of ether oxygens (including phenoxy) is 2. The van der Waals surface area contributed by atoms with E-state index in [2.05, 4.69) is 10.3 Å². The molecule has 23 heavy (non-hydrogen) atoms. The Kier molecular flexibility index (Phi) is 4.47. The lowest BCUT2D eigenvalue weighted by atomic mass is 10.2. The van der Waals surface area contributed by atoms with E-state index >= 15 is 0 Å². The zero-order valence-electron chi connectivity index (χ0n) is 12.6. The van der Waals surface area contributed by atoms with Gasteiger partial charge < -0.3 is 19.2 Å². The fourth-order valence-electron chi connectivity index (χ4n) is 2.09. The highest BCUT2D eigenvalue weighted by Crippen LogP contribution is 2.32. The van der Waals surface area contributed by atoms with Crippen LogP contribution in [0.5, 0.6) is 11.5 Å². The van der Waals surface area contributed by atoms with Gasteiger partial charge in [-0.1, -0.05) is 6.07 Å². The molecule has 0 aliphatic carbocycles. The zero-order chi connectivity index (χ0) is 16.2. The first-order chi connectivity index (χ1) is 11.2. The molecule has 0 aliphatic rings. The van der Waals surface area contributed by atoms with Gasteiger partial charge in [-0.15, -0.1) is 11.3 Å². The number of benzene rings is 1. The summed E-state index contributed by atoms with van der Waals surface area (Å²) in [6.45, 7) is 0.262. The van der Waals surface area contributed by atoms with Crippen LogP contribution < -0.4 is 14.8 Å². The van der Waals surface area contributed by atoms with E-state index in [1.165, 1.54) is 26.4 Å². The summed E-state index contributed by atoms with van der Waals surface area (Å²) in [5, 5.41) is 4.92. The van der Waals surface area contributed by atoms with Crippen LogP contribution in [0.1, 0.15) is 5.89 Å². The van der Waals surface area contributed by atoms with Crippen molar-refractivity contribution >= 4 is 17.0 Å². The van der Waals surface area contributed by atoms with Crippen molar-refractivity contribution in [1.82, 2.24) is 4.98 Å². The molecule has 5 nitrogen and oxygen atoms in total. The minimum Gasteiger partial charge on any atom is -0.493 e. The van der Waals surface area contributed by atoms with E-state index in [0.29, 0.717) is 28.8 Å². The number of nitrogens with zero attached hydrogens (tertiary/aromatic N) is 1. The molecule has 3 rings (SSSR count). The largest absolute Gasteiger partial charge is 0.493 e. The molecular weight excluding hydrogens is 319 g/mol. The molecule has 0 fully saturated rings. The number of thiophene rings is 1. The maximum atomic E-state index is 14.0. The second-order valence-corrected chi connectivity index (χ2v) is 5.58. The average molecular weight is 334 g/mol. The molecule has 0 unspecified atom stereocenters. The summed E-state index contributed by atoms with van der Waals surface area (Å²) < 4.78 is 29.9. The Labute approximate surface area is 136 Å². The second-order valence-electron chi connectivity index (χ2n) is 4.64. The van der Waals surface area contributed by atoms with Crippen LogP contribution in [0.4, 0.5) is 10.1 Å². The maximum Gasteiger partial charge on any atom is 0.214 e. The van der Waals surface area contributed by atoms with E-state index in [1.807, 2.05) is 17.5 Å². The lowest BCUT2D eigenvalue weighted by molar-refractivity contribution is 0.352. The number of hydrogen-bond acceptors (Lipinski definition) is 6. The minimum atomic E-state index is -0.437. The monoisotopic (exact) mass is 334 g/mol. The molecule has 0 spiro atoms. The molecule has 0 saturated carbocycles. The molecule has 0 saturated heterocycles. The highest BCUT2D eigenvalue weighted by Gasteiger charge is 2.12. The first kappa shape index (κ1) is 15.4. The Balaban J connectivity index is 1.73. The Hall–Kier alpha value is -2.54. The van der Waals surface area contributed by atoms with Crippen molar-refractivity contribution in [3.63, 3.8) is 0 Å². The lowest BCUT2D eigenvalue weighted by Crippen LogP contribution is -2.03. The third-order valence-electron chi connectivity index (χ3n) is 3.22. The fourth-order valence-corrected chi connectivity index (χ4v) is 2.76. The van der Waals surface area contributed by atoms with Crippen LogP contribution in [0.15, 0.2) is 40.3 Å². The molecule has 0 aliphatic heterocycles. The smallest absolute Gasteiger partial charge is 0.214 e. The molecule has 2 heterocycles. The van der Waals surface area contributed by atoms with Gasteiger partial charge in [-0.05, 0) is 11.4 Å². The van der Waals surface area contributed by atoms with Crippen molar-refractivity contribution in [3.05, 3.63) is 47.6 Å². The number of halogens is 1. The summed E-state index contributed by atoms with van der Waals surface area (Å²) in [5.74, 6) is 1.52. The molecule has 1 aromatic carbocycles. The third-order valence-corrected chi connectivity index (χ3v) is 4.11. The van der Waals surface area contributed by atoms with Crippen LogP contribution in [0, 0.1) is 5.82 Å². The van der Waals surface area contributed by atoms with Crippen LogP contribution in [0.3, 0.4) is 0 Å². The van der Waals surface area contributed by atoms with Crippen LogP contribution in [0.2, 0.25) is 0 Å². The number of aromatic nitrogens is 1. The van der Waals surface area contributed by atoms with Crippen LogP contribution in [0.25, 0.3) is 10.6 Å². The van der Waals surface area contributed by atoms with Gasteiger partial charge in [0.05, 0.1) is 37.5 Å². The van der Waals surface area contributed by atoms with Crippen LogP contribution in [-0.2, 0) is 6.54 Å². The van der Waals surface area contributed by atoms with Gasteiger partial charge in [0.2, 0.25) is 5.89 Å². The molecule has 120 valence electrons. The molecule has 0 atom stereocenters. The van der Waals surface area contributed by atoms with Crippen molar-refractivity contribution in [2.24, 2.45) is 0 Å². The molecule has 0 radical (unpaired) electrons. The Morgan fingerprint density at radius 3 is 2.74 bits per heavy atom. The van der Waals surface area contributed by atoms with Crippen molar-refractivity contribution < 1.29 is 18.3 Å². The standard InChI is InChI=1S/C16H15FN2O3S/c1-20-12-6-10(17)11(7-13(12)21-2)18-9-16-19-8-14(22-16)15-4-3-5-23-15/h3-8,18H,9H2,1-2H3. The third kappa shape index (κ3) is 3.29. The number of nitrogens with one attached hydrogen (secondary N) is 1. The summed E-state index contributed by atoms with van der Waals surface area (Å²) in [6.07, 6.45) is 1.66. The van der Waals surface area contributed by atoms with Gasteiger partial charge in [0, 0.05) is 12.1 Å². The first-order valence-corrected chi connectivity index (χ1v) is 7.73. The quantitative estimate of drug-likeness (QED) is 0.733. The number of rotatable bonds is 6. The zero-order valence-corrected chi connectivity index (χ0v) is 13.4. The number of anilines is 1. The number of oxazole rings is 1. The van der Waals surface area contributed by atoms with E-state index in [0.717, 1.165) is 4.88 Å². The Morgan fingerprint density at radius 2 is 2.04 bits per heavy atom. The van der Waals surface area contributed by atoms with Gasteiger partial charge in [-0.2, -0.15) is 0 Å². The van der Waals surface area contributed by atoms with E-state index in [4.69, 9.17) is 13.9 Å². The Morgan fingerprint density at radius 1 is 1.26 bits per heavy atom. The van der Waals surface area contributed by atoms with Gasteiger partial charge in [0.25, 0.3) is 0 Å². The van der Waals surface area contributed by atoms with E-state index < -0.39 is 5.82 Å². The Bertz CT molecular complexity index is 787. The lowest BCUT2D eigenvalue weighted by Gasteiger charge is -2.11. The molecule has 3 aromatic rings. The fraction of sp³-hybridized carbons (Fsp3) is 0.188. The van der Waals surface area contributed by atoms with Crippen LogP contribution in [-0.4, -0.2) is 19.2 Å². The minimum absolute atomic E-state index is 0.262. The summed E-state index contributed by atoms with van der Waals surface area (Å²) >= 11 is 1.57. The van der Waals surface area contributed by atoms with Crippen LogP contribution >= 0.6 is 11.3 Å². The average Bonchev–Trinajstić information content (AvgIpc) is 3.24. The summed E-state index contributed by atoms with van der Waals surface area (Å²) in [6, 6.07) is 6.71. The van der Waals surface area contributed by atoms with Crippen molar-refractivity contribution in [2.45, 2.75) is 6.54 Å². The highest BCUT2D eigenvalue weighted by molar-refractivity contribution is 7.13. The van der Waals surface area contributed by atoms with Gasteiger partial charge >= 0.3 is 0 Å². The SMILES string of the molecule is COc1cc(F)c(NCc2ncc(-c3cccs3)o2)cc1OC. The molecule has 2 aromatic heterocycles. The molecule has 7 heteroatoms.